The van der Waals surface area contributed by atoms with E-state index >= 15 is 4.39 Å². The van der Waals surface area contributed by atoms with E-state index in [0.717, 1.165) is 31.1 Å². The van der Waals surface area contributed by atoms with Crippen LogP contribution in [0, 0.1) is 0 Å². The second kappa shape index (κ2) is 6.78. The number of pyridine rings is 1. The quantitative estimate of drug-likeness (QED) is 0.576. The van der Waals surface area contributed by atoms with Crippen LogP contribution >= 0.6 is 0 Å². The van der Waals surface area contributed by atoms with E-state index in [4.69, 9.17) is 5.73 Å². The number of fused-ring (bicyclic) bond motifs is 2. The predicted octanol–water partition coefficient (Wildman–Crippen LogP) is 3.86. The van der Waals surface area contributed by atoms with Crippen molar-refractivity contribution in [2.75, 3.05) is 18.8 Å². The highest BCUT2D eigenvalue weighted by atomic mass is 19.4. The zero-order valence-corrected chi connectivity index (χ0v) is 17.7. The maximum absolute atomic E-state index is 15.3. The van der Waals surface area contributed by atoms with E-state index in [9.17, 15) is 13.2 Å². The SMILES string of the molecule is Nc1ncc(-c2cc3n(n2)CC[C@@]32CCN(C(c3ncc[nH]3)C3(F)CC3)C2)cc1C(F)(F)F. The van der Waals surface area contributed by atoms with Crippen molar-refractivity contribution in [3.8, 4) is 11.3 Å². The summed E-state index contributed by atoms with van der Waals surface area (Å²) in [6, 6.07) is 2.44. The Labute approximate surface area is 187 Å². The van der Waals surface area contributed by atoms with Crippen LogP contribution in [0.25, 0.3) is 11.3 Å². The smallest absolute Gasteiger partial charge is 0.383 e. The summed E-state index contributed by atoms with van der Waals surface area (Å²) in [4.78, 5) is 13.3. The lowest BCUT2D eigenvalue weighted by atomic mass is 9.82. The van der Waals surface area contributed by atoms with Gasteiger partial charge in [0.1, 0.15) is 23.4 Å². The maximum Gasteiger partial charge on any atom is 0.419 e. The Balaban J connectivity index is 1.31. The number of nitrogens with two attached hydrogens (primary N) is 1. The number of aromatic amines is 1. The Kier molecular flexibility index (Phi) is 4.24. The lowest BCUT2D eigenvalue weighted by molar-refractivity contribution is -0.137. The normalized spacial score (nSPS) is 25.0. The van der Waals surface area contributed by atoms with Gasteiger partial charge in [-0.25, -0.2) is 14.4 Å². The van der Waals surface area contributed by atoms with Gasteiger partial charge in [-0.2, -0.15) is 18.3 Å². The number of nitrogens with zero attached hydrogens (tertiary/aromatic N) is 5. The second-order valence-electron chi connectivity index (χ2n) is 9.45. The Morgan fingerprint density at radius 3 is 2.58 bits per heavy atom. The van der Waals surface area contributed by atoms with Crippen molar-refractivity contribution < 1.29 is 17.6 Å². The van der Waals surface area contributed by atoms with Crippen LogP contribution in [0.15, 0.2) is 30.7 Å². The first-order chi connectivity index (χ1) is 15.7. The molecule has 7 nitrogen and oxygen atoms in total. The largest absolute Gasteiger partial charge is 0.419 e. The molecule has 3 aliphatic rings. The van der Waals surface area contributed by atoms with Crippen LogP contribution in [0.1, 0.15) is 48.8 Å². The Morgan fingerprint density at radius 1 is 1.09 bits per heavy atom. The molecule has 33 heavy (non-hydrogen) atoms. The van der Waals surface area contributed by atoms with Crippen molar-refractivity contribution in [2.24, 2.45) is 0 Å². The number of nitrogens with one attached hydrogen (secondary N) is 1. The first kappa shape index (κ1) is 20.6. The number of hydrogen-bond donors (Lipinski definition) is 2. The van der Waals surface area contributed by atoms with Gasteiger partial charge < -0.3 is 10.7 Å². The summed E-state index contributed by atoms with van der Waals surface area (Å²) in [6.45, 7) is 2.05. The van der Waals surface area contributed by atoms with Crippen LogP contribution in [0.2, 0.25) is 0 Å². The molecule has 3 aromatic heterocycles. The van der Waals surface area contributed by atoms with Gasteiger partial charge in [0, 0.05) is 48.4 Å². The average molecular weight is 461 g/mol. The molecule has 174 valence electrons. The number of likely N-dealkylation sites (tertiary alicyclic amines) is 1. The zero-order chi connectivity index (χ0) is 23.0. The monoisotopic (exact) mass is 461 g/mol. The molecule has 1 unspecified atom stereocenters. The molecule has 2 fully saturated rings. The molecule has 3 aromatic rings. The van der Waals surface area contributed by atoms with E-state index in [1.54, 1.807) is 12.4 Å². The van der Waals surface area contributed by atoms with E-state index in [2.05, 4.69) is 25.0 Å². The number of nitrogen functional groups attached to an aromatic ring is 1. The van der Waals surface area contributed by atoms with Crippen LogP contribution in [-0.2, 0) is 18.1 Å². The molecular formula is C22H23F4N7. The van der Waals surface area contributed by atoms with E-state index in [1.165, 1.54) is 6.20 Å². The second-order valence-corrected chi connectivity index (χ2v) is 9.45. The topological polar surface area (TPSA) is 88.7 Å². The van der Waals surface area contributed by atoms with Crippen LogP contribution in [-0.4, -0.2) is 48.4 Å². The summed E-state index contributed by atoms with van der Waals surface area (Å²) in [7, 11) is 0. The molecule has 1 saturated carbocycles. The van der Waals surface area contributed by atoms with Gasteiger partial charge in [-0.15, -0.1) is 0 Å². The Hall–Kier alpha value is -2.95. The standard InChI is InChI=1S/C22H23F4N7/c23-21(1-2-21)17(19-28-5-6-29-19)32-7-3-20(12-32)4-8-33-16(20)10-15(31-33)13-9-14(22(24,25)26)18(27)30-11-13/h5-6,9-11,17H,1-4,7-8,12H2,(H2,27,30)(H,28,29)/t17?,20-/m1/s1. The number of hydrogen-bond acceptors (Lipinski definition) is 5. The summed E-state index contributed by atoms with van der Waals surface area (Å²) in [5.41, 5.74) is 4.69. The number of H-pyrrole nitrogens is 1. The van der Waals surface area contributed by atoms with Gasteiger partial charge in [0.25, 0.3) is 0 Å². The molecule has 3 N–H and O–H groups in total. The first-order valence-electron chi connectivity index (χ1n) is 11.0. The van der Waals surface area contributed by atoms with Crippen molar-refractivity contribution in [2.45, 2.75) is 55.5 Å². The van der Waals surface area contributed by atoms with Gasteiger partial charge in [-0.3, -0.25) is 9.58 Å². The van der Waals surface area contributed by atoms with Crippen molar-refractivity contribution in [3.63, 3.8) is 0 Å². The fraction of sp³-hybridized carbons (Fsp3) is 0.500. The average Bonchev–Trinajstić information content (AvgIpc) is 3.26. The molecule has 0 radical (unpaired) electrons. The number of aromatic nitrogens is 5. The van der Waals surface area contributed by atoms with Gasteiger partial charge in [0.05, 0.1) is 11.3 Å². The minimum absolute atomic E-state index is 0.213. The fourth-order valence-corrected chi connectivity index (χ4v) is 5.55. The van der Waals surface area contributed by atoms with E-state index in [-0.39, 0.29) is 11.0 Å². The molecule has 2 aliphatic heterocycles. The van der Waals surface area contributed by atoms with Gasteiger partial charge >= 0.3 is 6.18 Å². The Bertz CT molecular complexity index is 1200. The van der Waals surface area contributed by atoms with Gasteiger partial charge in [-0.05, 0) is 44.4 Å². The summed E-state index contributed by atoms with van der Waals surface area (Å²) in [5.74, 6) is 0.0944. The van der Waals surface area contributed by atoms with Crippen molar-refractivity contribution in [3.05, 3.63) is 47.8 Å². The third-order valence-electron chi connectivity index (χ3n) is 7.39. The lowest BCUT2D eigenvalue weighted by Crippen LogP contribution is -2.37. The van der Waals surface area contributed by atoms with E-state index < -0.39 is 29.3 Å². The number of alkyl halides is 4. The predicted molar refractivity (Wildman–Crippen MR) is 112 cm³/mol. The molecule has 0 bridgehead atoms. The number of aryl methyl sites for hydroxylation is 1. The van der Waals surface area contributed by atoms with Crippen molar-refractivity contribution >= 4 is 5.82 Å². The third-order valence-corrected chi connectivity index (χ3v) is 7.39. The third kappa shape index (κ3) is 3.24. The molecule has 5 heterocycles. The molecule has 1 spiro atoms. The van der Waals surface area contributed by atoms with Crippen LogP contribution in [0.4, 0.5) is 23.4 Å². The number of halogens is 4. The van der Waals surface area contributed by atoms with Crippen LogP contribution in [0.3, 0.4) is 0 Å². The molecule has 0 amide bonds. The van der Waals surface area contributed by atoms with E-state index in [0.29, 0.717) is 37.4 Å². The van der Waals surface area contributed by atoms with Crippen molar-refractivity contribution in [1.29, 1.82) is 0 Å². The molecular weight excluding hydrogens is 438 g/mol. The summed E-state index contributed by atoms with van der Waals surface area (Å²) in [6.07, 6.45) is 2.84. The minimum Gasteiger partial charge on any atom is -0.383 e. The molecule has 6 rings (SSSR count). The van der Waals surface area contributed by atoms with Gasteiger partial charge in [0.2, 0.25) is 0 Å². The maximum atomic E-state index is 15.3. The molecule has 1 aliphatic carbocycles. The highest BCUT2D eigenvalue weighted by Gasteiger charge is 2.57. The number of rotatable bonds is 4. The van der Waals surface area contributed by atoms with Gasteiger partial charge in [0.15, 0.2) is 0 Å². The summed E-state index contributed by atoms with van der Waals surface area (Å²) in [5, 5.41) is 4.57. The highest BCUT2D eigenvalue weighted by molar-refractivity contribution is 5.63. The lowest BCUT2D eigenvalue weighted by Gasteiger charge is -2.31. The van der Waals surface area contributed by atoms with Crippen LogP contribution < -0.4 is 5.73 Å². The van der Waals surface area contributed by atoms with Crippen molar-refractivity contribution in [1.82, 2.24) is 29.6 Å². The molecule has 2 atom stereocenters. The Morgan fingerprint density at radius 2 is 1.88 bits per heavy atom. The molecule has 0 aromatic carbocycles. The number of anilines is 1. The summed E-state index contributed by atoms with van der Waals surface area (Å²) >= 11 is 0. The van der Waals surface area contributed by atoms with Gasteiger partial charge in [-0.1, -0.05) is 0 Å². The minimum atomic E-state index is -4.59. The fourth-order valence-electron chi connectivity index (χ4n) is 5.55. The summed E-state index contributed by atoms with van der Waals surface area (Å²) < 4.78 is 57.1. The molecule has 11 heteroatoms. The highest BCUT2D eigenvalue weighted by Crippen LogP contribution is 2.55. The number of imidazole rings is 1. The molecule has 1 saturated heterocycles. The zero-order valence-electron chi connectivity index (χ0n) is 17.7. The first-order valence-corrected chi connectivity index (χ1v) is 11.0. The van der Waals surface area contributed by atoms with E-state index in [1.807, 2.05) is 10.7 Å². The van der Waals surface area contributed by atoms with Crippen LogP contribution in [0.5, 0.6) is 0 Å².